The standard InChI is InChI=1S/C25H21BrN2O6/c1-34-23-10-7-17(13-21(23)28(32)33)22(29)15-25(31)19-14-18(26)8-9-20(19)27(24(25)30)12-11-16-5-3-2-4-6-16/h2-10,13-14,31H,11-12,15H2,1H3/t25-/m1/s1. The summed E-state index contributed by atoms with van der Waals surface area (Å²) in [7, 11) is 1.29. The van der Waals surface area contributed by atoms with Crippen LogP contribution in [0.15, 0.2) is 71.2 Å². The molecule has 0 saturated carbocycles. The molecule has 0 radical (unpaired) electrons. The van der Waals surface area contributed by atoms with Crippen LogP contribution in [0.4, 0.5) is 11.4 Å². The van der Waals surface area contributed by atoms with Crippen LogP contribution in [0.3, 0.4) is 0 Å². The van der Waals surface area contributed by atoms with Gasteiger partial charge in [0.1, 0.15) is 0 Å². The van der Waals surface area contributed by atoms with Crippen LogP contribution in [0.25, 0.3) is 0 Å². The number of aliphatic hydroxyl groups is 1. The molecule has 0 saturated heterocycles. The van der Waals surface area contributed by atoms with Gasteiger partial charge in [-0.05, 0) is 42.3 Å². The van der Waals surface area contributed by atoms with Crippen molar-refractivity contribution in [3.63, 3.8) is 0 Å². The molecule has 0 fully saturated rings. The summed E-state index contributed by atoms with van der Waals surface area (Å²) < 4.78 is 5.63. The van der Waals surface area contributed by atoms with Gasteiger partial charge in [0, 0.05) is 28.2 Å². The predicted molar refractivity (Wildman–Crippen MR) is 129 cm³/mol. The molecule has 1 aliphatic heterocycles. The first-order valence-electron chi connectivity index (χ1n) is 10.5. The lowest BCUT2D eigenvalue weighted by Crippen LogP contribution is -2.42. The number of halogens is 1. The number of nitro benzene ring substituents is 1. The Kier molecular flexibility index (Phi) is 6.49. The molecular formula is C25H21BrN2O6. The number of hydrogen-bond donors (Lipinski definition) is 1. The van der Waals surface area contributed by atoms with Crippen LogP contribution in [0.1, 0.15) is 27.9 Å². The molecule has 1 amide bonds. The number of methoxy groups -OCH3 is 1. The van der Waals surface area contributed by atoms with Gasteiger partial charge in [-0.15, -0.1) is 0 Å². The van der Waals surface area contributed by atoms with E-state index in [2.05, 4.69) is 15.9 Å². The van der Waals surface area contributed by atoms with E-state index in [1.54, 1.807) is 18.2 Å². The van der Waals surface area contributed by atoms with Crippen molar-refractivity contribution in [1.29, 1.82) is 0 Å². The van der Waals surface area contributed by atoms with Crippen LogP contribution in [0, 0.1) is 10.1 Å². The molecule has 1 aliphatic rings. The zero-order chi connectivity index (χ0) is 24.5. The number of anilines is 1. The van der Waals surface area contributed by atoms with Crippen LogP contribution < -0.4 is 9.64 Å². The maximum Gasteiger partial charge on any atom is 0.311 e. The molecule has 0 unspecified atom stereocenters. The summed E-state index contributed by atoms with van der Waals surface area (Å²) >= 11 is 3.37. The number of nitro groups is 1. The number of amides is 1. The fourth-order valence-electron chi connectivity index (χ4n) is 4.14. The lowest BCUT2D eigenvalue weighted by atomic mass is 9.88. The number of carbonyl (C=O) groups is 2. The molecular weight excluding hydrogens is 504 g/mol. The van der Waals surface area contributed by atoms with Crippen molar-refractivity contribution in [2.75, 3.05) is 18.6 Å². The third kappa shape index (κ3) is 4.32. The Labute approximate surface area is 204 Å². The first kappa shape index (κ1) is 23.6. The van der Waals surface area contributed by atoms with E-state index in [-0.39, 0.29) is 17.0 Å². The number of rotatable bonds is 8. The van der Waals surface area contributed by atoms with E-state index in [0.29, 0.717) is 28.7 Å². The van der Waals surface area contributed by atoms with Gasteiger partial charge in [0.15, 0.2) is 17.1 Å². The summed E-state index contributed by atoms with van der Waals surface area (Å²) in [6.45, 7) is 0.321. The topological polar surface area (TPSA) is 110 Å². The highest BCUT2D eigenvalue weighted by Gasteiger charge is 2.51. The second-order valence-corrected chi connectivity index (χ2v) is 8.87. The molecule has 34 heavy (non-hydrogen) atoms. The number of fused-ring (bicyclic) bond motifs is 1. The maximum absolute atomic E-state index is 13.4. The molecule has 8 nitrogen and oxygen atoms in total. The smallest absolute Gasteiger partial charge is 0.311 e. The van der Waals surface area contributed by atoms with E-state index < -0.39 is 28.6 Å². The number of ketones is 1. The van der Waals surface area contributed by atoms with Gasteiger partial charge in [0.2, 0.25) is 0 Å². The van der Waals surface area contributed by atoms with Gasteiger partial charge in [0.05, 0.1) is 24.1 Å². The van der Waals surface area contributed by atoms with Crippen LogP contribution >= 0.6 is 15.9 Å². The molecule has 3 aromatic carbocycles. The number of carbonyl (C=O) groups excluding carboxylic acids is 2. The lowest BCUT2D eigenvalue weighted by molar-refractivity contribution is -0.385. The first-order valence-corrected chi connectivity index (χ1v) is 11.3. The number of Topliss-reactive ketones (excluding diaryl/α,β-unsaturated/α-hetero) is 1. The lowest BCUT2D eigenvalue weighted by Gasteiger charge is -2.23. The van der Waals surface area contributed by atoms with Crippen molar-refractivity contribution in [2.45, 2.75) is 18.4 Å². The van der Waals surface area contributed by atoms with Crippen molar-refractivity contribution in [3.05, 3.63) is 98.0 Å². The second kappa shape index (κ2) is 9.36. The molecule has 3 aromatic rings. The normalized spacial score (nSPS) is 16.9. The van der Waals surface area contributed by atoms with Gasteiger partial charge < -0.3 is 14.7 Å². The fraction of sp³-hybridized carbons (Fsp3) is 0.200. The largest absolute Gasteiger partial charge is 0.490 e. The highest BCUT2D eigenvalue weighted by Crippen LogP contribution is 2.44. The van der Waals surface area contributed by atoms with Crippen LogP contribution in [-0.2, 0) is 16.8 Å². The molecule has 0 bridgehead atoms. The summed E-state index contributed by atoms with van der Waals surface area (Å²) in [5, 5.41) is 22.9. The molecule has 4 rings (SSSR count). The van der Waals surface area contributed by atoms with E-state index in [4.69, 9.17) is 4.74 Å². The quantitative estimate of drug-likeness (QED) is 0.265. The number of hydrogen-bond acceptors (Lipinski definition) is 6. The molecule has 1 heterocycles. The number of nitrogens with zero attached hydrogens (tertiary/aromatic N) is 2. The zero-order valence-electron chi connectivity index (χ0n) is 18.2. The summed E-state index contributed by atoms with van der Waals surface area (Å²) in [6.07, 6.45) is 0.0113. The Morgan fingerprint density at radius 1 is 1.15 bits per heavy atom. The molecule has 174 valence electrons. The molecule has 9 heteroatoms. The van der Waals surface area contributed by atoms with Crippen molar-refractivity contribution in [2.24, 2.45) is 0 Å². The van der Waals surface area contributed by atoms with Crippen molar-refractivity contribution in [3.8, 4) is 5.75 Å². The van der Waals surface area contributed by atoms with Gasteiger partial charge in [-0.2, -0.15) is 0 Å². The summed E-state index contributed by atoms with van der Waals surface area (Å²) in [5.41, 5.74) is -0.581. The Morgan fingerprint density at radius 2 is 1.88 bits per heavy atom. The Hall–Kier alpha value is -3.56. The minimum atomic E-state index is -2.10. The van der Waals surface area contributed by atoms with Gasteiger partial charge in [-0.3, -0.25) is 19.7 Å². The third-order valence-corrected chi connectivity index (χ3v) is 6.37. The highest BCUT2D eigenvalue weighted by atomic mass is 79.9. The van der Waals surface area contributed by atoms with E-state index in [0.717, 1.165) is 11.6 Å². The number of ether oxygens (including phenoxy) is 1. The van der Waals surface area contributed by atoms with Crippen molar-refractivity contribution >= 4 is 39.0 Å². The Bertz CT molecular complexity index is 1280. The average Bonchev–Trinajstić information content (AvgIpc) is 3.03. The minimum absolute atomic E-state index is 0.00741. The van der Waals surface area contributed by atoms with E-state index >= 15 is 0 Å². The Balaban J connectivity index is 1.65. The number of benzene rings is 3. The average molecular weight is 525 g/mol. The van der Waals surface area contributed by atoms with E-state index in [9.17, 15) is 24.8 Å². The molecule has 1 N–H and O–H groups in total. The van der Waals surface area contributed by atoms with Gasteiger partial charge in [-0.25, -0.2) is 0 Å². The van der Waals surface area contributed by atoms with Crippen LogP contribution in [-0.4, -0.2) is 35.4 Å². The molecule has 0 aliphatic carbocycles. The van der Waals surface area contributed by atoms with E-state index in [1.165, 1.54) is 24.1 Å². The third-order valence-electron chi connectivity index (χ3n) is 5.87. The maximum atomic E-state index is 13.4. The monoisotopic (exact) mass is 524 g/mol. The molecule has 0 spiro atoms. The fourth-order valence-corrected chi connectivity index (χ4v) is 4.50. The Morgan fingerprint density at radius 3 is 2.56 bits per heavy atom. The first-order chi connectivity index (χ1) is 16.2. The SMILES string of the molecule is COc1ccc(C(=O)C[C@]2(O)C(=O)N(CCc3ccccc3)c3ccc(Br)cc32)cc1[N+](=O)[O-]. The second-order valence-electron chi connectivity index (χ2n) is 7.96. The van der Waals surface area contributed by atoms with Crippen molar-refractivity contribution in [1.82, 2.24) is 0 Å². The van der Waals surface area contributed by atoms with Gasteiger partial charge in [0.25, 0.3) is 5.91 Å². The van der Waals surface area contributed by atoms with E-state index in [1.807, 2.05) is 30.3 Å². The zero-order valence-corrected chi connectivity index (χ0v) is 19.8. The summed E-state index contributed by atoms with van der Waals surface area (Å²) in [5.74, 6) is -1.19. The summed E-state index contributed by atoms with van der Waals surface area (Å²) in [6, 6.07) is 18.6. The minimum Gasteiger partial charge on any atom is -0.490 e. The van der Waals surface area contributed by atoms with Crippen LogP contribution in [0.2, 0.25) is 0 Å². The van der Waals surface area contributed by atoms with Gasteiger partial charge in [-0.1, -0.05) is 46.3 Å². The molecule has 0 aromatic heterocycles. The molecule has 1 atom stereocenters. The van der Waals surface area contributed by atoms with Crippen LogP contribution in [0.5, 0.6) is 5.75 Å². The van der Waals surface area contributed by atoms with Gasteiger partial charge >= 0.3 is 5.69 Å². The van der Waals surface area contributed by atoms with Crippen molar-refractivity contribution < 1.29 is 24.4 Å². The highest BCUT2D eigenvalue weighted by molar-refractivity contribution is 9.10. The summed E-state index contributed by atoms with van der Waals surface area (Å²) in [4.78, 5) is 38.7. The predicted octanol–water partition coefficient (Wildman–Crippen LogP) is 4.42.